The molecule has 0 saturated heterocycles. The summed E-state index contributed by atoms with van der Waals surface area (Å²) < 4.78 is 26.1. The zero-order valence-electron chi connectivity index (χ0n) is 15.6. The number of sulfonamides is 1. The third kappa shape index (κ3) is 4.94. The fourth-order valence-electron chi connectivity index (χ4n) is 2.91. The highest BCUT2D eigenvalue weighted by molar-refractivity contribution is 7.92. The first-order valence-electron chi connectivity index (χ1n) is 8.37. The lowest BCUT2D eigenvalue weighted by atomic mass is 10.1. The van der Waals surface area contributed by atoms with Gasteiger partial charge in [0.25, 0.3) is 0 Å². The van der Waals surface area contributed by atoms with Crippen molar-refractivity contribution >= 4 is 50.5 Å². The molecule has 1 amide bonds. The molecule has 0 fully saturated rings. The summed E-state index contributed by atoms with van der Waals surface area (Å²) in [6.45, 7) is 5.50. The Balaban J connectivity index is 2.50. The average Bonchev–Trinajstić information content (AvgIpc) is 2.57. The Morgan fingerprint density at radius 2 is 1.74 bits per heavy atom. The van der Waals surface area contributed by atoms with E-state index in [4.69, 9.17) is 23.2 Å². The highest BCUT2D eigenvalue weighted by atomic mass is 35.5. The van der Waals surface area contributed by atoms with Crippen LogP contribution in [0.4, 0.5) is 11.4 Å². The summed E-state index contributed by atoms with van der Waals surface area (Å²) in [5.74, 6) is -0.434. The van der Waals surface area contributed by atoms with E-state index in [-0.39, 0.29) is 17.1 Å². The molecule has 0 aliphatic rings. The van der Waals surface area contributed by atoms with Crippen LogP contribution in [0, 0.1) is 13.8 Å². The van der Waals surface area contributed by atoms with Gasteiger partial charge in [-0.25, -0.2) is 8.42 Å². The smallest absolute Gasteiger partial charge is 0.248 e. The molecule has 5 nitrogen and oxygen atoms in total. The Morgan fingerprint density at radius 3 is 2.26 bits per heavy atom. The second-order valence-corrected chi connectivity index (χ2v) is 9.04. The van der Waals surface area contributed by atoms with E-state index < -0.39 is 22.0 Å². The van der Waals surface area contributed by atoms with Crippen LogP contribution < -0.4 is 9.62 Å². The Hall–Kier alpha value is -1.76. The highest BCUT2D eigenvalue weighted by Gasteiger charge is 2.33. The number of para-hydroxylation sites is 1. The molecule has 2 rings (SSSR count). The van der Waals surface area contributed by atoms with Gasteiger partial charge >= 0.3 is 0 Å². The van der Waals surface area contributed by atoms with Crippen molar-refractivity contribution in [3.8, 4) is 0 Å². The molecular weight excluding hydrogens is 407 g/mol. The summed E-state index contributed by atoms with van der Waals surface area (Å²) in [5.41, 5.74) is 2.64. The molecule has 0 aliphatic carbocycles. The molecule has 2 aromatic carbocycles. The standard InChI is InChI=1S/C19H22Cl2N2O3S/c1-5-16(19(24)22-18-12(2)7-6-8-13(18)3)23(27(4,25)26)17-11-14(20)9-10-15(17)21/h6-11,16H,5H2,1-4H3,(H,22,24)/t16-/m1/s1. The number of nitrogens with zero attached hydrogens (tertiary/aromatic N) is 1. The predicted molar refractivity (Wildman–Crippen MR) is 112 cm³/mol. The maximum atomic E-state index is 13.0. The lowest BCUT2D eigenvalue weighted by molar-refractivity contribution is -0.117. The molecule has 8 heteroatoms. The summed E-state index contributed by atoms with van der Waals surface area (Å²) in [7, 11) is -3.80. The van der Waals surface area contributed by atoms with Gasteiger partial charge in [0, 0.05) is 10.7 Å². The summed E-state index contributed by atoms with van der Waals surface area (Å²) in [4.78, 5) is 13.0. The van der Waals surface area contributed by atoms with Crippen molar-refractivity contribution < 1.29 is 13.2 Å². The van der Waals surface area contributed by atoms with Crippen molar-refractivity contribution in [2.24, 2.45) is 0 Å². The van der Waals surface area contributed by atoms with Crippen LogP contribution >= 0.6 is 23.2 Å². The van der Waals surface area contributed by atoms with Crippen LogP contribution in [0.5, 0.6) is 0 Å². The molecule has 0 bridgehead atoms. The van der Waals surface area contributed by atoms with Crippen LogP contribution in [-0.4, -0.2) is 26.6 Å². The minimum absolute atomic E-state index is 0.176. The number of carbonyl (C=O) groups excluding carboxylic acids is 1. The number of nitrogens with one attached hydrogen (secondary N) is 1. The molecule has 0 aromatic heterocycles. The number of hydrogen-bond acceptors (Lipinski definition) is 3. The summed E-state index contributed by atoms with van der Waals surface area (Å²) in [5, 5.41) is 3.39. The van der Waals surface area contributed by atoms with E-state index in [2.05, 4.69) is 5.32 Å². The molecule has 0 aliphatic heterocycles. The molecule has 0 unspecified atom stereocenters. The maximum Gasteiger partial charge on any atom is 0.248 e. The number of carbonyl (C=O) groups is 1. The van der Waals surface area contributed by atoms with E-state index in [1.165, 1.54) is 12.1 Å². The summed E-state index contributed by atoms with van der Waals surface area (Å²) in [6.07, 6.45) is 1.30. The number of rotatable bonds is 6. The monoisotopic (exact) mass is 428 g/mol. The normalized spacial score (nSPS) is 12.5. The Morgan fingerprint density at radius 1 is 1.15 bits per heavy atom. The quantitative estimate of drug-likeness (QED) is 0.718. The molecule has 1 atom stereocenters. The molecular formula is C19H22Cl2N2O3S. The van der Waals surface area contributed by atoms with Gasteiger partial charge in [-0.1, -0.05) is 48.3 Å². The maximum absolute atomic E-state index is 13.0. The van der Waals surface area contributed by atoms with Crippen molar-refractivity contribution in [1.29, 1.82) is 0 Å². The van der Waals surface area contributed by atoms with Gasteiger partial charge in [0.05, 0.1) is 17.0 Å². The molecule has 0 radical (unpaired) electrons. The third-order valence-electron chi connectivity index (χ3n) is 4.20. The minimum Gasteiger partial charge on any atom is -0.324 e. The largest absolute Gasteiger partial charge is 0.324 e. The number of halogens is 2. The minimum atomic E-state index is -3.80. The molecule has 27 heavy (non-hydrogen) atoms. The van der Waals surface area contributed by atoms with E-state index in [0.717, 1.165) is 21.7 Å². The zero-order chi connectivity index (χ0) is 20.4. The molecule has 1 N–H and O–H groups in total. The van der Waals surface area contributed by atoms with Crippen LogP contribution in [0.15, 0.2) is 36.4 Å². The van der Waals surface area contributed by atoms with Crippen molar-refractivity contribution in [1.82, 2.24) is 0 Å². The zero-order valence-corrected chi connectivity index (χ0v) is 17.9. The highest BCUT2D eigenvalue weighted by Crippen LogP contribution is 2.33. The van der Waals surface area contributed by atoms with Crippen LogP contribution in [0.3, 0.4) is 0 Å². The third-order valence-corrected chi connectivity index (χ3v) is 5.93. The van der Waals surface area contributed by atoms with Crippen LogP contribution in [0.25, 0.3) is 0 Å². The number of amides is 1. The SMILES string of the molecule is CC[C@H](C(=O)Nc1c(C)cccc1C)N(c1cc(Cl)ccc1Cl)S(C)(=O)=O. The van der Waals surface area contributed by atoms with Gasteiger partial charge < -0.3 is 5.32 Å². The van der Waals surface area contributed by atoms with Gasteiger partial charge in [0.15, 0.2) is 0 Å². The summed E-state index contributed by atoms with van der Waals surface area (Å²) in [6, 6.07) is 9.19. The first kappa shape index (κ1) is 21.5. The Bertz CT molecular complexity index is 941. The van der Waals surface area contributed by atoms with E-state index in [0.29, 0.717) is 10.7 Å². The second-order valence-electron chi connectivity index (χ2n) is 6.33. The van der Waals surface area contributed by atoms with Crippen LogP contribution in [0.2, 0.25) is 10.0 Å². The number of benzene rings is 2. The Kier molecular flexibility index (Phi) is 6.78. The molecule has 0 heterocycles. The van der Waals surface area contributed by atoms with E-state index in [9.17, 15) is 13.2 Å². The van der Waals surface area contributed by atoms with Crippen molar-refractivity contribution in [3.05, 3.63) is 57.6 Å². The van der Waals surface area contributed by atoms with E-state index in [1.54, 1.807) is 13.0 Å². The van der Waals surface area contributed by atoms with Crippen molar-refractivity contribution in [3.63, 3.8) is 0 Å². The predicted octanol–water partition coefficient (Wildman–Crippen LogP) is 4.79. The molecule has 2 aromatic rings. The van der Waals surface area contributed by atoms with Crippen molar-refractivity contribution in [2.45, 2.75) is 33.2 Å². The van der Waals surface area contributed by atoms with Crippen molar-refractivity contribution in [2.75, 3.05) is 15.9 Å². The van der Waals surface area contributed by atoms with Gasteiger partial charge in [-0.3, -0.25) is 9.10 Å². The van der Waals surface area contributed by atoms with Gasteiger partial charge in [-0.15, -0.1) is 0 Å². The lowest BCUT2D eigenvalue weighted by Crippen LogP contribution is -2.47. The fourth-order valence-corrected chi connectivity index (χ4v) is 4.55. The average molecular weight is 429 g/mol. The van der Waals surface area contributed by atoms with Crippen LogP contribution in [-0.2, 0) is 14.8 Å². The van der Waals surface area contributed by atoms with E-state index in [1.807, 2.05) is 32.0 Å². The first-order chi connectivity index (χ1) is 12.6. The topological polar surface area (TPSA) is 66.5 Å². The van der Waals surface area contributed by atoms with Gasteiger partial charge in [0.2, 0.25) is 15.9 Å². The van der Waals surface area contributed by atoms with Gasteiger partial charge in [-0.05, 0) is 49.6 Å². The fraction of sp³-hybridized carbons (Fsp3) is 0.316. The van der Waals surface area contributed by atoms with Gasteiger partial charge in [-0.2, -0.15) is 0 Å². The first-order valence-corrected chi connectivity index (χ1v) is 11.0. The number of aryl methyl sites for hydroxylation is 2. The number of hydrogen-bond donors (Lipinski definition) is 1. The van der Waals surface area contributed by atoms with Crippen LogP contribution in [0.1, 0.15) is 24.5 Å². The molecule has 0 saturated carbocycles. The second kappa shape index (κ2) is 8.50. The molecule has 146 valence electrons. The Labute approximate surface area is 170 Å². The number of anilines is 2. The van der Waals surface area contributed by atoms with E-state index >= 15 is 0 Å². The lowest BCUT2D eigenvalue weighted by Gasteiger charge is -2.31. The van der Waals surface area contributed by atoms with Gasteiger partial charge in [0.1, 0.15) is 6.04 Å². The summed E-state index contributed by atoms with van der Waals surface area (Å²) >= 11 is 12.2. The molecule has 0 spiro atoms.